The van der Waals surface area contributed by atoms with E-state index in [9.17, 15) is 9.59 Å². The third-order valence-corrected chi connectivity index (χ3v) is 1.12. The Hall–Kier alpha value is -2.17. The summed E-state index contributed by atoms with van der Waals surface area (Å²) in [6.45, 7) is 2.96. The lowest BCUT2D eigenvalue weighted by Gasteiger charge is -1.88. The Morgan fingerprint density at radius 3 is 2.36 bits per heavy atom. The number of hydrogen-bond donors (Lipinski definition) is 2. The van der Waals surface area contributed by atoms with Crippen LogP contribution in [0, 0.1) is 0 Å². The molecular formula is C9H10N2O3. The van der Waals surface area contributed by atoms with Gasteiger partial charge in [0.1, 0.15) is 0 Å². The molecule has 14 heavy (non-hydrogen) atoms. The van der Waals surface area contributed by atoms with Gasteiger partial charge in [-0.3, -0.25) is 9.78 Å². The van der Waals surface area contributed by atoms with Crippen molar-refractivity contribution in [1.82, 2.24) is 4.98 Å². The highest BCUT2D eigenvalue weighted by atomic mass is 16.4. The molecule has 0 aromatic carbocycles. The van der Waals surface area contributed by atoms with Crippen LogP contribution < -0.4 is 5.73 Å². The number of carbonyl (C=O) groups excluding carboxylic acids is 1. The van der Waals surface area contributed by atoms with Crippen molar-refractivity contribution < 1.29 is 14.7 Å². The Labute approximate surface area is 80.9 Å². The Balaban J connectivity index is 0.000000292. The number of amides is 1. The van der Waals surface area contributed by atoms with Crippen LogP contribution in [0.2, 0.25) is 0 Å². The van der Waals surface area contributed by atoms with Gasteiger partial charge in [-0.25, -0.2) is 4.79 Å². The minimum Gasteiger partial charge on any atom is -0.478 e. The third kappa shape index (κ3) is 5.48. The van der Waals surface area contributed by atoms with Crippen LogP contribution >= 0.6 is 0 Å². The molecule has 0 spiro atoms. The van der Waals surface area contributed by atoms with Crippen molar-refractivity contribution in [2.24, 2.45) is 5.73 Å². The van der Waals surface area contributed by atoms with Gasteiger partial charge in [0.15, 0.2) is 0 Å². The minimum absolute atomic E-state index is 0.442. The van der Waals surface area contributed by atoms with Gasteiger partial charge in [0, 0.05) is 18.5 Å². The molecule has 0 saturated heterocycles. The maximum atomic E-state index is 10.4. The topological polar surface area (TPSA) is 93.3 Å². The first-order valence-corrected chi connectivity index (χ1v) is 3.63. The molecule has 1 rings (SSSR count). The summed E-state index contributed by atoms with van der Waals surface area (Å²) in [5, 5.41) is 7.60. The molecule has 0 bridgehead atoms. The third-order valence-electron chi connectivity index (χ3n) is 1.12. The highest BCUT2D eigenvalue weighted by molar-refractivity contribution is 5.92. The van der Waals surface area contributed by atoms with E-state index in [2.05, 4.69) is 11.6 Å². The lowest BCUT2D eigenvalue weighted by atomic mass is 10.3. The van der Waals surface area contributed by atoms with Crippen LogP contribution in [0.4, 0.5) is 0 Å². The first-order valence-electron chi connectivity index (χ1n) is 3.63. The van der Waals surface area contributed by atoms with E-state index in [0.29, 0.717) is 5.56 Å². The number of carboxylic acid groups (broad SMARTS) is 1. The van der Waals surface area contributed by atoms with Crippen LogP contribution in [0.25, 0.3) is 0 Å². The first kappa shape index (κ1) is 11.8. The zero-order chi connectivity index (χ0) is 11.0. The SMILES string of the molecule is C=CC(=O)O.NC(=O)c1cccnc1. The van der Waals surface area contributed by atoms with E-state index >= 15 is 0 Å². The van der Waals surface area contributed by atoms with Crippen molar-refractivity contribution in [3.05, 3.63) is 42.7 Å². The number of pyridine rings is 1. The summed E-state index contributed by atoms with van der Waals surface area (Å²) >= 11 is 0. The second kappa shape index (κ2) is 6.36. The number of carbonyl (C=O) groups is 2. The average Bonchev–Trinajstić information content (AvgIpc) is 2.20. The smallest absolute Gasteiger partial charge is 0.327 e. The maximum Gasteiger partial charge on any atom is 0.327 e. The van der Waals surface area contributed by atoms with Crippen LogP contribution in [0.3, 0.4) is 0 Å². The molecule has 0 atom stereocenters. The summed E-state index contributed by atoms with van der Waals surface area (Å²) in [5.41, 5.74) is 5.38. The fourth-order valence-corrected chi connectivity index (χ4v) is 0.509. The number of nitrogens with two attached hydrogens (primary N) is 1. The van der Waals surface area contributed by atoms with Crippen LogP contribution in [0.1, 0.15) is 10.4 Å². The minimum atomic E-state index is -0.981. The number of nitrogens with zero attached hydrogens (tertiary/aromatic N) is 1. The zero-order valence-electron chi connectivity index (χ0n) is 7.38. The van der Waals surface area contributed by atoms with Crippen molar-refractivity contribution in [3.8, 4) is 0 Å². The molecule has 0 aliphatic carbocycles. The molecule has 5 nitrogen and oxygen atoms in total. The molecule has 1 heterocycles. The van der Waals surface area contributed by atoms with Gasteiger partial charge in [0.2, 0.25) is 5.91 Å². The Bertz CT molecular complexity index is 322. The molecule has 1 aromatic rings. The lowest BCUT2D eigenvalue weighted by Crippen LogP contribution is -2.10. The van der Waals surface area contributed by atoms with E-state index in [1.54, 1.807) is 18.3 Å². The molecular weight excluding hydrogens is 184 g/mol. The summed E-state index contributed by atoms with van der Waals surface area (Å²) < 4.78 is 0. The molecule has 0 aliphatic rings. The first-order chi connectivity index (χ1) is 6.57. The lowest BCUT2D eigenvalue weighted by molar-refractivity contribution is -0.131. The van der Waals surface area contributed by atoms with Crippen molar-refractivity contribution in [3.63, 3.8) is 0 Å². The number of aliphatic carboxylic acids is 1. The van der Waals surface area contributed by atoms with Crippen molar-refractivity contribution in [2.75, 3.05) is 0 Å². The molecule has 0 fully saturated rings. The van der Waals surface area contributed by atoms with Gasteiger partial charge < -0.3 is 10.8 Å². The molecule has 0 aliphatic heterocycles. The summed E-state index contributed by atoms with van der Waals surface area (Å²) in [6, 6.07) is 3.29. The van der Waals surface area contributed by atoms with Crippen molar-refractivity contribution in [1.29, 1.82) is 0 Å². The highest BCUT2D eigenvalue weighted by Gasteiger charge is 1.94. The van der Waals surface area contributed by atoms with Crippen LogP contribution in [0.15, 0.2) is 37.2 Å². The molecule has 1 amide bonds. The van der Waals surface area contributed by atoms with Gasteiger partial charge in [0.25, 0.3) is 0 Å². The van der Waals surface area contributed by atoms with E-state index < -0.39 is 11.9 Å². The second-order valence-electron chi connectivity index (χ2n) is 2.15. The van der Waals surface area contributed by atoms with Gasteiger partial charge >= 0.3 is 5.97 Å². The molecule has 5 heteroatoms. The Morgan fingerprint density at radius 1 is 1.57 bits per heavy atom. The average molecular weight is 194 g/mol. The van der Waals surface area contributed by atoms with Gasteiger partial charge in [-0.05, 0) is 12.1 Å². The van der Waals surface area contributed by atoms with Crippen molar-refractivity contribution >= 4 is 11.9 Å². The quantitative estimate of drug-likeness (QED) is 0.668. The summed E-state index contributed by atoms with van der Waals surface area (Å²) in [7, 11) is 0. The molecule has 0 saturated carbocycles. The molecule has 0 unspecified atom stereocenters. The fourth-order valence-electron chi connectivity index (χ4n) is 0.509. The van der Waals surface area contributed by atoms with Crippen LogP contribution in [0.5, 0.6) is 0 Å². The largest absolute Gasteiger partial charge is 0.478 e. The number of primary amides is 1. The van der Waals surface area contributed by atoms with E-state index in [4.69, 9.17) is 10.8 Å². The number of hydrogen-bond acceptors (Lipinski definition) is 3. The zero-order valence-corrected chi connectivity index (χ0v) is 7.38. The molecule has 1 aromatic heterocycles. The van der Waals surface area contributed by atoms with E-state index in [0.717, 1.165) is 6.08 Å². The summed E-state index contributed by atoms with van der Waals surface area (Å²) in [6.07, 6.45) is 3.86. The number of rotatable bonds is 2. The summed E-state index contributed by atoms with van der Waals surface area (Å²) in [5.74, 6) is -1.42. The van der Waals surface area contributed by atoms with Crippen LogP contribution in [-0.2, 0) is 4.79 Å². The number of aromatic nitrogens is 1. The molecule has 0 radical (unpaired) electrons. The van der Waals surface area contributed by atoms with Crippen molar-refractivity contribution in [2.45, 2.75) is 0 Å². The predicted octanol–water partition coefficient (Wildman–Crippen LogP) is 0.438. The predicted molar refractivity (Wildman–Crippen MR) is 50.6 cm³/mol. The van der Waals surface area contributed by atoms with E-state index in [1.165, 1.54) is 6.20 Å². The Morgan fingerprint density at radius 2 is 2.14 bits per heavy atom. The van der Waals surface area contributed by atoms with Crippen LogP contribution in [-0.4, -0.2) is 22.0 Å². The number of carboxylic acids is 1. The molecule has 74 valence electrons. The standard InChI is InChI=1S/C6H6N2O.C3H4O2/c7-6(9)5-2-1-3-8-4-5;1-2-3(4)5/h1-4H,(H2,7,9);2H,1H2,(H,4,5). The van der Waals surface area contributed by atoms with Gasteiger partial charge in [-0.15, -0.1) is 0 Å². The Kier molecular flexibility index (Phi) is 5.37. The maximum absolute atomic E-state index is 10.4. The monoisotopic (exact) mass is 194 g/mol. The second-order valence-corrected chi connectivity index (χ2v) is 2.15. The van der Waals surface area contributed by atoms with Gasteiger partial charge in [0.05, 0.1) is 5.56 Å². The van der Waals surface area contributed by atoms with E-state index in [-0.39, 0.29) is 0 Å². The van der Waals surface area contributed by atoms with E-state index in [1.807, 2.05) is 0 Å². The van der Waals surface area contributed by atoms with Gasteiger partial charge in [-0.1, -0.05) is 6.58 Å². The fraction of sp³-hybridized carbons (Fsp3) is 0. The summed E-state index contributed by atoms with van der Waals surface area (Å²) in [4.78, 5) is 23.3. The molecule has 3 N–H and O–H groups in total. The van der Waals surface area contributed by atoms with Gasteiger partial charge in [-0.2, -0.15) is 0 Å². The normalized spacial score (nSPS) is 8.00. The highest BCUT2D eigenvalue weighted by Crippen LogP contribution is 1.91.